The summed E-state index contributed by atoms with van der Waals surface area (Å²) in [5, 5.41) is 4.98. The summed E-state index contributed by atoms with van der Waals surface area (Å²) in [6, 6.07) is 14.1. The van der Waals surface area contributed by atoms with Gasteiger partial charge in [-0.3, -0.25) is 28.8 Å². The maximum atomic E-state index is 14.8. The van der Waals surface area contributed by atoms with Gasteiger partial charge in [-0.1, -0.05) is 119 Å². The Morgan fingerprint density at radius 3 is 2.47 bits per heavy atom. The van der Waals surface area contributed by atoms with E-state index in [2.05, 4.69) is 5.16 Å². The molecule has 0 aromatic heterocycles. The van der Waals surface area contributed by atoms with E-state index in [0.717, 1.165) is 42.4 Å². The second-order valence-corrected chi connectivity index (χ2v) is 18.7. The van der Waals surface area contributed by atoms with E-state index in [1.807, 2.05) is 64.1 Å². The number of Topliss-reactive ketones (excluding diaryl/α,β-unsaturated/α-hetero) is 5. The molecule has 6 rings (SSSR count). The minimum Gasteiger partial charge on any atom is -0.387 e. The van der Waals surface area contributed by atoms with Crippen molar-refractivity contribution in [2.75, 3.05) is 6.54 Å². The summed E-state index contributed by atoms with van der Waals surface area (Å²) in [4.78, 5) is 90.6. The molecule has 2 aromatic rings. The van der Waals surface area contributed by atoms with Crippen molar-refractivity contribution in [3.63, 3.8) is 0 Å². The molecule has 1 saturated carbocycles. The van der Waals surface area contributed by atoms with E-state index in [0.29, 0.717) is 61.6 Å². The fourth-order valence-electron chi connectivity index (χ4n) is 9.70. The lowest BCUT2D eigenvalue weighted by molar-refractivity contribution is -0.147. The molecule has 2 aliphatic heterocycles. The van der Waals surface area contributed by atoms with Crippen LogP contribution in [0.25, 0.3) is 0 Å². The van der Waals surface area contributed by atoms with E-state index < -0.39 is 40.5 Å². The molecular weight excluding hydrogens is 740 g/mol. The fourth-order valence-corrected chi connectivity index (χ4v) is 9.89. The van der Waals surface area contributed by atoms with Crippen molar-refractivity contribution in [2.45, 2.75) is 148 Å². The van der Waals surface area contributed by atoms with Crippen LogP contribution >= 0.6 is 11.6 Å². The molecule has 0 radical (unpaired) electrons. The average molecular weight is 799 g/mol. The van der Waals surface area contributed by atoms with Gasteiger partial charge in [0.25, 0.3) is 0 Å². The van der Waals surface area contributed by atoms with Crippen LogP contribution in [0.1, 0.15) is 147 Å². The van der Waals surface area contributed by atoms with Crippen LogP contribution in [-0.4, -0.2) is 63.6 Å². The molecule has 0 N–H and O–H groups in total. The Bertz CT molecular complexity index is 1890. The SMILES string of the molecule is CCC[C@H](CC(=O)[C@@H]1C[C@]2(CC(c3cccc(Cl)c3)=NO2)CN1C(=O)[C@@H](CC(=O)CC1CCCCC1)C(C)(C)C)C(=O)C(=O)CCCC1C(=O)Cc2ccccc21. The van der Waals surface area contributed by atoms with Gasteiger partial charge >= 0.3 is 0 Å². The second-order valence-electron chi connectivity index (χ2n) is 18.3. The predicted octanol–water partition coefficient (Wildman–Crippen LogP) is 8.99. The number of oxime groups is 1. The zero-order valence-corrected chi connectivity index (χ0v) is 34.9. The Kier molecular flexibility index (Phi) is 13.7. The molecule has 2 fully saturated rings. The van der Waals surface area contributed by atoms with E-state index in [1.165, 1.54) is 6.42 Å². The van der Waals surface area contributed by atoms with Gasteiger partial charge in [0.1, 0.15) is 11.6 Å². The quantitative estimate of drug-likeness (QED) is 0.146. The molecule has 2 aliphatic carbocycles. The van der Waals surface area contributed by atoms with Gasteiger partial charge in [0.05, 0.1) is 18.3 Å². The summed E-state index contributed by atoms with van der Waals surface area (Å²) in [7, 11) is 0. The number of rotatable bonds is 17. The molecule has 10 heteroatoms. The number of hydrogen-bond acceptors (Lipinski definition) is 8. The van der Waals surface area contributed by atoms with Crippen LogP contribution in [0.4, 0.5) is 0 Å². The summed E-state index contributed by atoms with van der Waals surface area (Å²) in [6.45, 7) is 7.90. The maximum absolute atomic E-state index is 14.8. The first kappa shape index (κ1) is 42.6. The molecule has 4 aliphatic rings. The van der Waals surface area contributed by atoms with Gasteiger partial charge in [-0.2, -0.15) is 0 Å². The lowest BCUT2D eigenvalue weighted by atomic mass is 9.75. The average Bonchev–Trinajstić information content (AvgIpc) is 3.87. The highest BCUT2D eigenvalue weighted by Gasteiger charge is 2.55. The molecule has 0 bridgehead atoms. The van der Waals surface area contributed by atoms with Crippen LogP contribution in [0, 0.1) is 23.2 Å². The number of ketones is 5. The highest BCUT2D eigenvalue weighted by molar-refractivity contribution is 6.38. The van der Waals surface area contributed by atoms with Gasteiger partial charge in [-0.25, -0.2) is 0 Å². The molecule has 2 heterocycles. The van der Waals surface area contributed by atoms with E-state index in [-0.39, 0.29) is 61.4 Å². The van der Waals surface area contributed by atoms with Crippen LogP contribution in [0.3, 0.4) is 0 Å². The smallest absolute Gasteiger partial charge is 0.227 e. The minimum absolute atomic E-state index is 0.00986. The minimum atomic E-state index is -0.974. The number of carbonyl (C=O) groups excluding carboxylic acids is 6. The van der Waals surface area contributed by atoms with Crippen molar-refractivity contribution in [3.8, 4) is 0 Å². The van der Waals surface area contributed by atoms with Crippen molar-refractivity contribution in [3.05, 3.63) is 70.2 Å². The maximum Gasteiger partial charge on any atom is 0.227 e. The standard InChI is InChI=1S/C47H59ClN2O7/c1-5-13-33(44(55)41(52)21-12-20-37-36-19-10-9-16-31(36)24-42(37)53)25-43(54)40-28-47(27-39(49-57-47)32-17-11-18-34(48)23-32)29-50(40)45(56)38(46(2,3)4)26-35(51)22-30-14-7-6-8-15-30/h9-11,16-19,23,30,33,37-38,40H,5-8,12-15,20-22,24-29H2,1-4H3/t33-,37?,38-,40+,47-/m1/s1. The molecule has 1 spiro atoms. The zero-order chi connectivity index (χ0) is 40.9. The van der Waals surface area contributed by atoms with E-state index in [1.54, 1.807) is 17.0 Å². The van der Waals surface area contributed by atoms with Crippen LogP contribution in [0.15, 0.2) is 53.7 Å². The molecule has 9 nitrogen and oxygen atoms in total. The van der Waals surface area contributed by atoms with Gasteiger partial charge in [0.2, 0.25) is 11.7 Å². The molecular formula is C47H59ClN2O7. The third kappa shape index (κ3) is 10.2. The number of hydrogen-bond donors (Lipinski definition) is 0. The molecule has 1 unspecified atom stereocenters. The Labute approximate surface area is 342 Å². The number of halogens is 1. The van der Waals surface area contributed by atoms with Gasteiger partial charge < -0.3 is 9.74 Å². The Morgan fingerprint density at radius 1 is 1.00 bits per heavy atom. The molecule has 1 saturated heterocycles. The lowest BCUT2D eigenvalue weighted by Crippen LogP contribution is -2.48. The highest BCUT2D eigenvalue weighted by atomic mass is 35.5. The summed E-state index contributed by atoms with van der Waals surface area (Å²) in [5.74, 6) is -2.87. The van der Waals surface area contributed by atoms with Crippen molar-refractivity contribution >= 4 is 52.1 Å². The number of carbonyl (C=O) groups is 6. The Balaban J connectivity index is 1.18. The number of nitrogens with zero attached hydrogens (tertiary/aromatic N) is 2. The Morgan fingerprint density at radius 2 is 1.75 bits per heavy atom. The number of amides is 1. The van der Waals surface area contributed by atoms with E-state index in [9.17, 15) is 28.8 Å². The normalized spacial score (nSPS) is 23.2. The van der Waals surface area contributed by atoms with Crippen LogP contribution in [0.5, 0.6) is 0 Å². The number of benzene rings is 2. The van der Waals surface area contributed by atoms with E-state index in [4.69, 9.17) is 16.4 Å². The fraction of sp³-hybridized carbons (Fsp3) is 0.596. The highest BCUT2D eigenvalue weighted by Crippen LogP contribution is 2.43. The molecule has 57 heavy (non-hydrogen) atoms. The van der Waals surface area contributed by atoms with Crippen LogP contribution in [-0.2, 0) is 40.0 Å². The molecule has 2 aromatic carbocycles. The molecule has 306 valence electrons. The van der Waals surface area contributed by atoms with Gasteiger partial charge in [-0.05, 0) is 53.9 Å². The molecule has 1 amide bonds. The summed E-state index contributed by atoms with van der Waals surface area (Å²) in [6.07, 6.45) is 8.67. The molecule has 5 atom stereocenters. The topological polar surface area (TPSA) is 127 Å². The van der Waals surface area contributed by atoms with Crippen LogP contribution < -0.4 is 0 Å². The third-order valence-corrected chi connectivity index (χ3v) is 13.1. The first-order valence-corrected chi connectivity index (χ1v) is 21.6. The third-order valence-electron chi connectivity index (χ3n) is 12.9. The first-order valence-electron chi connectivity index (χ1n) is 21.2. The number of fused-ring (bicyclic) bond motifs is 1. The van der Waals surface area contributed by atoms with Crippen LogP contribution in [0.2, 0.25) is 5.02 Å². The zero-order valence-electron chi connectivity index (χ0n) is 34.2. The summed E-state index contributed by atoms with van der Waals surface area (Å²) in [5.41, 5.74) is 1.94. The van der Waals surface area contributed by atoms with Crippen molar-refractivity contribution in [1.29, 1.82) is 0 Å². The lowest BCUT2D eigenvalue weighted by Gasteiger charge is -2.35. The van der Waals surface area contributed by atoms with E-state index >= 15 is 0 Å². The second kappa shape index (κ2) is 18.3. The van der Waals surface area contributed by atoms with Gasteiger partial charge in [-0.15, -0.1) is 0 Å². The summed E-state index contributed by atoms with van der Waals surface area (Å²) < 4.78 is 0. The van der Waals surface area contributed by atoms with Crippen molar-refractivity contribution < 1.29 is 33.6 Å². The summed E-state index contributed by atoms with van der Waals surface area (Å²) >= 11 is 6.30. The van der Waals surface area contributed by atoms with Crippen molar-refractivity contribution in [1.82, 2.24) is 4.90 Å². The Hall–Kier alpha value is -3.98. The monoisotopic (exact) mass is 798 g/mol. The number of likely N-dealkylation sites (tertiary alicyclic amines) is 1. The first-order chi connectivity index (χ1) is 27.2. The predicted molar refractivity (Wildman–Crippen MR) is 220 cm³/mol. The van der Waals surface area contributed by atoms with Gasteiger partial charge in [0.15, 0.2) is 17.2 Å². The van der Waals surface area contributed by atoms with Gasteiger partial charge in [0, 0.05) is 73.3 Å². The largest absolute Gasteiger partial charge is 0.387 e. The van der Waals surface area contributed by atoms with Crippen molar-refractivity contribution in [2.24, 2.45) is 28.3 Å².